The van der Waals surface area contributed by atoms with E-state index in [-0.39, 0.29) is 0 Å². The highest BCUT2D eigenvalue weighted by Gasteiger charge is 2.17. The predicted octanol–water partition coefficient (Wildman–Crippen LogP) is 11.4. The second-order valence-electron chi connectivity index (χ2n) is 12.8. The molecule has 0 saturated carbocycles. The van der Waals surface area contributed by atoms with Gasteiger partial charge < -0.3 is 4.48 Å². The third-order valence-electron chi connectivity index (χ3n) is 8.68. The van der Waals surface area contributed by atoms with Crippen LogP contribution >= 0.6 is 0 Å². The van der Waals surface area contributed by atoms with E-state index in [1.807, 2.05) is 0 Å². The van der Waals surface area contributed by atoms with Gasteiger partial charge in [-0.2, -0.15) is 0 Å². The maximum atomic E-state index is 2.41. The Bertz CT molecular complexity index is 806. The molecule has 0 amide bonds. The topological polar surface area (TPSA) is 0 Å². The van der Waals surface area contributed by atoms with Crippen LogP contribution in [-0.2, 0) is 6.54 Å². The molecule has 0 aliphatic heterocycles. The fourth-order valence-electron chi connectivity index (χ4n) is 6.09. The minimum Gasteiger partial charge on any atom is -0.325 e. The van der Waals surface area contributed by atoms with E-state index in [9.17, 15) is 0 Å². The first-order chi connectivity index (χ1) is 18.4. The zero-order valence-corrected chi connectivity index (χ0v) is 26.0. The van der Waals surface area contributed by atoms with Crippen LogP contribution in [0.1, 0.15) is 152 Å². The summed E-state index contributed by atoms with van der Waals surface area (Å²) in [5.74, 6) is 1.24. The molecule has 1 heteroatoms. The molecule has 0 heterocycles. The third kappa shape index (κ3) is 14.0. The Balaban J connectivity index is 1.58. The lowest BCUT2D eigenvalue weighted by atomic mass is 9.84. The van der Waals surface area contributed by atoms with Crippen molar-refractivity contribution in [1.29, 1.82) is 0 Å². The Kier molecular flexibility index (Phi) is 16.7. The summed E-state index contributed by atoms with van der Waals surface area (Å²) in [6.45, 7) is 9.44. The van der Waals surface area contributed by atoms with Crippen molar-refractivity contribution in [3.8, 4) is 0 Å². The van der Waals surface area contributed by atoms with E-state index in [4.69, 9.17) is 0 Å². The van der Waals surface area contributed by atoms with Crippen molar-refractivity contribution in [1.82, 2.24) is 0 Å². The molecule has 2 atom stereocenters. The van der Waals surface area contributed by atoms with Crippen molar-refractivity contribution in [2.24, 2.45) is 0 Å². The molecule has 0 bridgehead atoms. The van der Waals surface area contributed by atoms with Gasteiger partial charge in [-0.1, -0.05) is 152 Å². The Labute approximate surface area is 238 Å². The highest BCUT2D eigenvalue weighted by molar-refractivity contribution is 5.26. The van der Waals surface area contributed by atoms with Crippen LogP contribution in [0.3, 0.4) is 0 Å². The van der Waals surface area contributed by atoms with E-state index in [0.717, 1.165) is 11.0 Å². The van der Waals surface area contributed by atoms with Crippen LogP contribution in [0.15, 0.2) is 54.6 Å². The summed E-state index contributed by atoms with van der Waals surface area (Å²) in [4.78, 5) is 0. The molecular formula is C37H62N+. The Hall–Kier alpha value is -1.60. The lowest BCUT2D eigenvalue weighted by Crippen LogP contribution is -2.39. The van der Waals surface area contributed by atoms with Gasteiger partial charge in [0.2, 0.25) is 0 Å². The van der Waals surface area contributed by atoms with E-state index in [1.54, 1.807) is 0 Å². The highest BCUT2D eigenvalue weighted by Crippen LogP contribution is 2.32. The van der Waals surface area contributed by atoms with Crippen LogP contribution < -0.4 is 0 Å². The number of quaternary nitrogens is 1. The monoisotopic (exact) mass is 520 g/mol. The van der Waals surface area contributed by atoms with E-state index >= 15 is 0 Å². The van der Waals surface area contributed by atoms with Crippen molar-refractivity contribution in [2.45, 2.75) is 142 Å². The second kappa shape index (κ2) is 19.5. The lowest BCUT2D eigenvalue weighted by Gasteiger charge is -2.30. The molecule has 214 valence electrons. The minimum atomic E-state index is 0.590. The first-order valence-electron chi connectivity index (χ1n) is 16.4. The fraction of sp³-hybridized carbons (Fsp3) is 0.676. The molecular weight excluding hydrogens is 458 g/mol. The number of benzene rings is 2. The first-order valence-corrected chi connectivity index (χ1v) is 16.4. The standard InChI is InChI=1S/C37H62N/c1-6-8-9-10-11-12-13-14-15-16-17-18-19-23-30-38(4,5)32-34-26-28-36(29-27-34)33(3)31-35(7-2)37-24-21-20-22-25-37/h20-22,24-29,33,35H,6-19,23,30-32H2,1-5H3/q+1. The van der Waals surface area contributed by atoms with E-state index in [2.05, 4.69) is 89.5 Å². The summed E-state index contributed by atoms with van der Waals surface area (Å²) in [5, 5.41) is 0. The minimum absolute atomic E-state index is 0.590. The smallest absolute Gasteiger partial charge is 0.104 e. The molecule has 0 radical (unpaired) electrons. The van der Waals surface area contributed by atoms with Gasteiger partial charge >= 0.3 is 0 Å². The summed E-state index contributed by atoms with van der Waals surface area (Å²) in [6.07, 6.45) is 22.5. The van der Waals surface area contributed by atoms with Gasteiger partial charge in [-0.05, 0) is 48.6 Å². The molecule has 2 aromatic carbocycles. The summed E-state index contributed by atoms with van der Waals surface area (Å²) in [7, 11) is 4.81. The predicted molar refractivity (Wildman–Crippen MR) is 170 cm³/mol. The molecule has 2 rings (SSSR count). The fourth-order valence-corrected chi connectivity index (χ4v) is 6.09. The van der Waals surface area contributed by atoms with Crippen LogP contribution in [0, 0.1) is 0 Å². The van der Waals surface area contributed by atoms with Crippen molar-refractivity contribution >= 4 is 0 Å². The number of rotatable bonds is 22. The van der Waals surface area contributed by atoms with Gasteiger partial charge in [0, 0.05) is 5.56 Å². The second-order valence-corrected chi connectivity index (χ2v) is 12.8. The molecule has 0 spiro atoms. The summed E-state index contributed by atoms with van der Waals surface area (Å²) < 4.78 is 1.10. The molecule has 0 aliphatic carbocycles. The van der Waals surface area contributed by atoms with Crippen molar-refractivity contribution in [2.75, 3.05) is 20.6 Å². The molecule has 1 nitrogen and oxygen atoms in total. The molecule has 0 saturated heterocycles. The Morgan fingerprint density at radius 3 is 1.58 bits per heavy atom. The normalized spacial score (nSPS) is 13.5. The SMILES string of the molecule is CCCCCCCCCCCCCCCC[N+](C)(C)Cc1ccc(C(C)CC(CC)c2ccccc2)cc1. The van der Waals surface area contributed by atoms with Gasteiger partial charge in [0.25, 0.3) is 0 Å². The van der Waals surface area contributed by atoms with Crippen molar-refractivity contribution in [3.05, 3.63) is 71.3 Å². The largest absolute Gasteiger partial charge is 0.325 e. The van der Waals surface area contributed by atoms with Crippen molar-refractivity contribution in [3.63, 3.8) is 0 Å². The number of hydrogen-bond acceptors (Lipinski definition) is 0. The molecule has 0 aromatic heterocycles. The van der Waals surface area contributed by atoms with Crippen LogP contribution in [-0.4, -0.2) is 25.1 Å². The van der Waals surface area contributed by atoms with Gasteiger partial charge in [-0.15, -0.1) is 0 Å². The molecule has 38 heavy (non-hydrogen) atoms. The number of nitrogens with zero attached hydrogens (tertiary/aromatic N) is 1. The average Bonchev–Trinajstić information content (AvgIpc) is 2.92. The Morgan fingerprint density at radius 1 is 0.579 bits per heavy atom. The van der Waals surface area contributed by atoms with Gasteiger partial charge in [0.1, 0.15) is 6.54 Å². The van der Waals surface area contributed by atoms with E-state index < -0.39 is 0 Å². The zero-order valence-electron chi connectivity index (χ0n) is 26.0. The third-order valence-corrected chi connectivity index (χ3v) is 8.68. The average molecular weight is 521 g/mol. The lowest BCUT2D eigenvalue weighted by molar-refractivity contribution is -0.903. The number of hydrogen-bond donors (Lipinski definition) is 0. The summed E-state index contributed by atoms with van der Waals surface area (Å²) >= 11 is 0. The molecule has 0 N–H and O–H groups in total. The van der Waals surface area contributed by atoms with Crippen LogP contribution in [0.25, 0.3) is 0 Å². The molecule has 2 unspecified atom stereocenters. The first kappa shape index (κ1) is 32.6. The summed E-state index contributed by atoms with van der Waals surface area (Å²) in [5.41, 5.74) is 4.45. The van der Waals surface area contributed by atoms with Gasteiger partial charge in [0.05, 0.1) is 20.6 Å². The number of unbranched alkanes of at least 4 members (excludes halogenated alkanes) is 13. The van der Waals surface area contributed by atoms with Gasteiger partial charge in [-0.3, -0.25) is 0 Å². The Morgan fingerprint density at radius 2 is 1.08 bits per heavy atom. The van der Waals surface area contributed by atoms with E-state index in [0.29, 0.717) is 11.8 Å². The van der Waals surface area contributed by atoms with Crippen LogP contribution in [0.2, 0.25) is 0 Å². The van der Waals surface area contributed by atoms with Crippen LogP contribution in [0.4, 0.5) is 0 Å². The molecule has 0 fully saturated rings. The van der Waals surface area contributed by atoms with E-state index in [1.165, 1.54) is 126 Å². The molecule has 2 aromatic rings. The molecule has 0 aliphatic rings. The highest BCUT2D eigenvalue weighted by atomic mass is 15.3. The quantitative estimate of drug-likeness (QED) is 0.107. The van der Waals surface area contributed by atoms with Gasteiger partial charge in [0.15, 0.2) is 0 Å². The van der Waals surface area contributed by atoms with Crippen molar-refractivity contribution < 1.29 is 4.48 Å². The zero-order chi connectivity index (χ0) is 27.5. The van der Waals surface area contributed by atoms with Crippen LogP contribution in [0.5, 0.6) is 0 Å². The summed E-state index contributed by atoms with van der Waals surface area (Å²) in [6, 6.07) is 20.6. The maximum absolute atomic E-state index is 2.41. The maximum Gasteiger partial charge on any atom is 0.104 e. The van der Waals surface area contributed by atoms with Gasteiger partial charge in [-0.25, -0.2) is 0 Å².